The first-order chi connectivity index (χ1) is 12.0. The van der Waals surface area contributed by atoms with E-state index in [9.17, 15) is 9.59 Å². The molecule has 1 aliphatic rings. The zero-order valence-corrected chi connectivity index (χ0v) is 14.6. The minimum Gasteiger partial charge on any atom is -0.497 e. The van der Waals surface area contributed by atoms with Crippen molar-refractivity contribution in [2.75, 3.05) is 17.3 Å². The van der Waals surface area contributed by atoms with E-state index in [0.29, 0.717) is 17.1 Å². The molecule has 0 aliphatic carbocycles. The maximum absolute atomic E-state index is 12.7. The monoisotopic (exact) mass is 356 g/mol. The lowest BCUT2D eigenvalue weighted by Crippen LogP contribution is -2.32. The first-order valence-electron chi connectivity index (χ1n) is 7.83. The van der Waals surface area contributed by atoms with Crippen LogP contribution in [-0.2, 0) is 16.0 Å². The van der Waals surface area contributed by atoms with Crippen molar-refractivity contribution < 1.29 is 14.3 Å². The quantitative estimate of drug-likeness (QED) is 0.830. The van der Waals surface area contributed by atoms with Gasteiger partial charge in [0.25, 0.3) is 11.8 Å². The molecule has 0 unspecified atom stereocenters. The molecule has 25 heavy (non-hydrogen) atoms. The summed E-state index contributed by atoms with van der Waals surface area (Å²) in [6.07, 6.45) is 0.879. The van der Waals surface area contributed by atoms with Crippen molar-refractivity contribution in [3.8, 4) is 5.75 Å². The van der Waals surface area contributed by atoms with Crippen LogP contribution in [0.25, 0.3) is 0 Å². The molecule has 3 rings (SSSR count). The standard InChI is InChI=1S/C19H17ClN2O3/c1-3-12-7-9-14(10-8-12)22-18(23)16(20)17(19(22)24)21-13-5-4-6-15(11-13)25-2/h4-11,21H,3H2,1-2H3. The topological polar surface area (TPSA) is 58.6 Å². The smallest absolute Gasteiger partial charge is 0.283 e. The van der Waals surface area contributed by atoms with E-state index in [2.05, 4.69) is 5.32 Å². The van der Waals surface area contributed by atoms with Crippen LogP contribution in [0, 0.1) is 0 Å². The molecule has 1 N–H and O–H groups in total. The molecule has 128 valence electrons. The summed E-state index contributed by atoms with van der Waals surface area (Å²) in [6, 6.07) is 14.3. The van der Waals surface area contributed by atoms with Gasteiger partial charge in [0.1, 0.15) is 16.5 Å². The number of imide groups is 1. The largest absolute Gasteiger partial charge is 0.497 e. The molecule has 0 aromatic heterocycles. The molecule has 0 atom stereocenters. The maximum Gasteiger partial charge on any atom is 0.283 e. The number of nitrogens with one attached hydrogen (secondary N) is 1. The predicted molar refractivity (Wildman–Crippen MR) is 97.8 cm³/mol. The number of benzene rings is 2. The van der Waals surface area contributed by atoms with Crippen molar-refractivity contribution in [2.45, 2.75) is 13.3 Å². The van der Waals surface area contributed by atoms with E-state index in [-0.39, 0.29) is 10.7 Å². The average molecular weight is 357 g/mol. The van der Waals surface area contributed by atoms with Gasteiger partial charge >= 0.3 is 0 Å². The second-order valence-electron chi connectivity index (χ2n) is 5.51. The van der Waals surface area contributed by atoms with Crippen molar-refractivity contribution >= 4 is 34.8 Å². The molecule has 1 heterocycles. The summed E-state index contributed by atoms with van der Waals surface area (Å²) in [5.41, 5.74) is 2.28. The van der Waals surface area contributed by atoms with Crippen LogP contribution in [0.15, 0.2) is 59.3 Å². The van der Waals surface area contributed by atoms with Crippen molar-refractivity contribution in [1.82, 2.24) is 0 Å². The second-order valence-corrected chi connectivity index (χ2v) is 5.89. The number of amides is 2. The average Bonchev–Trinajstić information content (AvgIpc) is 2.85. The number of rotatable bonds is 5. The summed E-state index contributed by atoms with van der Waals surface area (Å²) in [4.78, 5) is 26.2. The molecule has 0 spiro atoms. The van der Waals surface area contributed by atoms with E-state index in [0.717, 1.165) is 16.9 Å². The van der Waals surface area contributed by atoms with E-state index >= 15 is 0 Å². The Kier molecular flexibility index (Phi) is 4.76. The van der Waals surface area contributed by atoms with E-state index in [1.165, 1.54) is 0 Å². The molecular weight excluding hydrogens is 340 g/mol. The molecule has 1 aliphatic heterocycles. The first kappa shape index (κ1) is 17.0. The van der Waals surface area contributed by atoms with Gasteiger partial charge in [-0.25, -0.2) is 4.90 Å². The van der Waals surface area contributed by atoms with Crippen LogP contribution in [0.2, 0.25) is 0 Å². The Morgan fingerprint density at radius 3 is 2.44 bits per heavy atom. The summed E-state index contributed by atoms with van der Waals surface area (Å²) in [7, 11) is 1.55. The highest BCUT2D eigenvalue weighted by atomic mass is 35.5. The summed E-state index contributed by atoms with van der Waals surface area (Å²) < 4.78 is 5.16. The van der Waals surface area contributed by atoms with Crippen LogP contribution in [0.4, 0.5) is 11.4 Å². The van der Waals surface area contributed by atoms with Gasteiger partial charge in [-0.1, -0.05) is 36.7 Å². The van der Waals surface area contributed by atoms with Gasteiger partial charge in [-0.15, -0.1) is 0 Å². The molecule has 2 aromatic rings. The zero-order valence-electron chi connectivity index (χ0n) is 13.9. The Bertz CT molecular complexity index is 859. The lowest BCUT2D eigenvalue weighted by Gasteiger charge is -2.15. The maximum atomic E-state index is 12.7. The first-order valence-corrected chi connectivity index (χ1v) is 8.21. The number of ether oxygens (including phenoxy) is 1. The number of aryl methyl sites for hydroxylation is 1. The lowest BCUT2D eigenvalue weighted by atomic mass is 10.1. The Morgan fingerprint density at radius 1 is 1.08 bits per heavy atom. The fraction of sp³-hybridized carbons (Fsp3) is 0.158. The zero-order chi connectivity index (χ0) is 18.0. The van der Waals surface area contributed by atoms with E-state index in [1.807, 2.05) is 19.1 Å². The molecule has 0 fully saturated rings. The third kappa shape index (κ3) is 3.23. The molecule has 2 amide bonds. The summed E-state index contributed by atoms with van der Waals surface area (Å²) in [6.45, 7) is 2.04. The van der Waals surface area contributed by atoms with Gasteiger partial charge in [-0.05, 0) is 36.2 Å². The Hall–Kier alpha value is -2.79. The summed E-state index contributed by atoms with van der Waals surface area (Å²) >= 11 is 6.12. The van der Waals surface area contributed by atoms with Gasteiger partial charge in [0.15, 0.2) is 0 Å². The van der Waals surface area contributed by atoms with Gasteiger partial charge in [0.2, 0.25) is 0 Å². The highest BCUT2D eigenvalue weighted by molar-refractivity contribution is 6.53. The molecule has 0 saturated heterocycles. The van der Waals surface area contributed by atoms with Crippen LogP contribution in [-0.4, -0.2) is 18.9 Å². The highest BCUT2D eigenvalue weighted by Gasteiger charge is 2.38. The fourth-order valence-corrected chi connectivity index (χ4v) is 2.78. The number of methoxy groups -OCH3 is 1. The van der Waals surface area contributed by atoms with Crippen LogP contribution < -0.4 is 15.0 Å². The summed E-state index contributed by atoms with van der Waals surface area (Å²) in [5.74, 6) is -0.395. The lowest BCUT2D eigenvalue weighted by molar-refractivity contribution is -0.120. The van der Waals surface area contributed by atoms with Crippen molar-refractivity contribution in [3.05, 3.63) is 64.8 Å². The molecule has 2 aromatic carbocycles. The van der Waals surface area contributed by atoms with Crippen LogP contribution in [0.5, 0.6) is 5.75 Å². The molecule has 5 nitrogen and oxygen atoms in total. The van der Waals surface area contributed by atoms with Crippen LogP contribution in [0.1, 0.15) is 12.5 Å². The number of nitrogens with zero attached hydrogens (tertiary/aromatic N) is 1. The number of halogens is 1. The number of carbonyl (C=O) groups is 2. The van der Waals surface area contributed by atoms with Crippen LogP contribution >= 0.6 is 11.6 Å². The van der Waals surface area contributed by atoms with Gasteiger partial charge in [-0.2, -0.15) is 0 Å². The van der Waals surface area contributed by atoms with Crippen molar-refractivity contribution in [2.24, 2.45) is 0 Å². The number of anilines is 2. The highest BCUT2D eigenvalue weighted by Crippen LogP contribution is 2.30. The summed E-state index contributed by atoms with van der Waals surface area (Å²) in [5, 5.41) is 2.79. The van der Waals surface area contributed by atoms with E-state index < -0.39 is 11.8 Å². The van der Waals surface area contributed by atoms with E-state index in [1.54, 1.807) is 43.5 Å². The Balaban J connectivity index is 1.88. The van der Waals surface area contributed by atoms with Gasteiger partial charge < -0.3 is 10.1 Å². The normalized spacial score (nSPS) is 14.3. The predicted octanol–water partition coefficient (Wildman–Crippen LogP) is 3.69. The number of carbonyl (C=O) groups excluding carboxylic acids is 2. The van der Waals surface area contributed by atoms with Gasteiger partial charge in [-0.3, -0.25) is 9.59 Å². The van der Waals surface area contributed by atoms with Gasteiger partial charge in [0.05, 0.1) is 12.8 Å². The number of hydrogen-bond donors (Lipinski definition) is 1. The molecule has 6 heteroatoms. The van der Waals surface area contributed by atoms with Gasteiger partial charge in [0, 0.05) is 11.8 Å². The second kappa shape index (κ2) is 6.99. The number of hydrogen-bond acceptors (Lipinski definition) is 4. The SMILES string of the molecule is CCc1ccc(N2C(=O)C(Cl)=C(Nc3cccc(OC)c3)C2=O)cc1. The Labute approximate surface area is 150 Å². The molecule has 0 saturated carbocycles. The van der Waals surface area contributed by atoms with Crippen LogP contribution in [0.3, 0.4) is 0 Å². The molecule has 0 radical (unpaired) electrons. The molecule has 0 bridgehead atoms. The fourth-order valence-electron chi connectivity index (χ4n) is 2.57. The van der Waals surface area contributed by atoms with E-state index in [4.69, 9.17) is 16.3 Å². The third-order valence-corrected chi connectivity index (χ3v) is 4.32. The third-order valence-electron chi connectivity index (χ3n) is 3.97. The minimum atomic E-state index is -0.540. The molecular formula is C19H17ClN2O3. The minimum absolute atomic E-state index is 0.0551. The van der Waals surface area contributed by atoms with Crippen molar-refractivity contribution in [1.29, 1.82) is 0 Å². The Morgan fingerprint density at radius 2 is 1.80 bits per heavy atom. The van der Waals surface area contributed by atoms with Crippen molar-refractivity contribution in [3.63, 3.8) is 0 Å².